The van der Waals surface area contributed by atoms with E-state index in [0.29, 0.717) is 0 Å². The van der Waals surface area contributed by atoms with E-state index in [-0.39, 0.29) is 17.3 Å². The quantitative estimate of drug-likeness (QED) is 0.853. The molecule has 6 heteroatoms. The lowest BCUT2D eigenvalue weighted by molar-refractivity contribution is 0.249. The molecule has 0 heterocycles. The van der Waals surface area contributed by atoms with Gasteiger partial charge in [0.25, 0.3) is 0 Å². The van der Waals surface area contributed by atoms with Gasteiger partial charge < -0.3 is 10.6 Å². The average Bonchev–Trinajstić information content (AvgIpc) is 2.49. The van der Waals surface area contributed by atoms with Gasteiger partial charge in [-0.3, -0.25) is 0 Å². The molecule has 0 bridgehead atoms. The maximum atomic E-state index is 13.1. The van der Waals surface area contributed by atoms with Gasteiger partial charge in [-0.05, 0) is 36.8 Å². The van der Waals surface area contributed by atoms with Crippen LogP contribution in [-0.4, -0.2) is 6.03 Å². The molecule has 0 saturated heterocycles. The zero-order valence-electron chi connectivity index (χ0n) is 11.7. The minimum Gasteiger partial charge on any atom is -0.331 e. The minimum absolute atomic E-state index is 0.0729. The van der Waals surface area contributed by atoms with Gasteiger partial charge in [0, 0.05) is 4.47 Å². The maximum Gasteiger partial charge on any atom is 0.319 e. The summed E-state index contributed by atoms with van der Waals surface area (Å²) in [4.78, 5) is 12.0. The number of amides is 2. The van der Waals surface area contributed by atoms with Crippen LogP contribution >= 0.6 is 15.9 Å². The van der Waals surface area contributed by atoms with Crippen molar-refractivity contribution in [2.45, 2.75) is 13.0 Å². The van der Waals surface area contributed by atoms with Crippen molar-refractivity contribution < 1.29 is 9.18 Å². The van der Waals surface area contributed by atoms with Gasteiger partial charge in [-0.2, -0.15) is 5.26 Å². The first kappa shape index (κ1) is 16.0. The van der Waals surface area contributed by atoms with Gasteiger partial charge in [0.1, 0.15) is 11.9 Å². The number of hydrogen-bond acceptors (Lipinski definition) is 2. The van der Waals surface area contributed by atoms with E-state index in [1.165, 1.54) is 12.1 Å². The summed E-state index contributed by atoms with van der Waals surface area (Å²) in [5, 5.41) is 14.3. The van der Waals surface area contributed by atoms with E-state index in [2.05, 4.69) is 26.6 Å². The van der Waals surface area contributed by atoms with Crippen LogP contribution < -0.4 is 10.6 Å². The summed E-state index contributed by atoms with van der Waals surface area (Å²) in [5.74, 6) is -0.524. The summed E-state index contributed by atoms with van der Waals surface area (Å²) >= 11 is 3.43. The van der Waals surface area contributed by atoms with Crippen molar-refractivity contribution in [1.29, 1.82) is 5.26 Å². The molecule has 0 aliphatic heterocycles. The summed E-state index contributed by atoms with van der Waals surface area (Å²) in [7, 11) is 0. The van der Waals surface area contributed by atoms with Crippen molar-refractivity contribution in [1.82, 2.24) is 5.32 Å². The van der Waals surface area contributed by atoms with Crippen molar-refractivity contribution in [3.8, 4) is 6.07 Å². The van der Waals surface area contributed by atoms with Crippen LogP contribution in [0.4, 0.5) is 14.9 Å². The smallest absolute Gasteiger partial charge is 0.319 e. The Morgan fingerprint density at radius 3 is 2.73 bits per heavy atom. The minimum atomic E-state index is -0.524. The Balaban J connectivity index is 2.08. The van der Waals surface area contributed by atoms with Crippen molar-refractivity contribution in [3.05, 3.63) is 63.9 Å². The number of rotatable bonds is 3. The molecule has 0 fully saturated rings. The fraction of sp³-hybridized carbons (Fsp3) is 0.125. The molecule has 0 radical (unpaired) electrons. The standard InChI is InChI=1S/C16H13BrFN3O/c1-10(13-4-2-3-5-14(13)17)20-16(22)21-15-7-6-12(18)8-11(15)9-19/h2-8,10H,1H3,(H2,20,21,22). The van der Waals surface area contributed by atoms with E-state index in [4.69, 9.17) is 5.26 Å². The van der Waals surface area contributed by atoms with Gasteiger partial charge >= 0.3 is 6.03 Å². The molecule has 0 aliphatic rings. The number of nitrogens with one attached hydrogen (secondary N) is 2. The third kappa shape index (κ3) is 3.83. The number of nitriles is 1. The highest BCUT2D eigenvalue weighted by Gasteiger charge is 2.13. The molecule has 2 rings (SSSR count). The van der Waals surface area contributed by atoms with Crippen LogP contribution in [0, 0.1) is 17.1 Å². The number of benzene rings is 2. The molecular weight excluding hydrogens is 349 g/mol. The van der Waals surface area contributed by atoms with Crippen LogP contribution in [0.1, 0.15) is 24.1 Å². The number of hydrogen-bond donors (Lipinski definition) is 2. The van der Waals surface area contributed by atoms with Gasteiger partial charge in [-0.15, -0.1) is 0 Å². The molecule has 2 aromatic carbocycles. The highest BCUT2D eigenvalue weighted by Crippen LogP contribution is 2.23. The van der Waals surface area contributed by atoms with Gasteiger partial charge in [0.05, 0.1) is 17.3 Å². The third-order valence-corrected chi connectivity index (χ3v) is 3.79. The molecule has 1 atom stereocenters. The Morgan fingerprint density at radius 1 is 1.32 bits per heavy atom. The van der Waals surface area contributed by atoms with Gasteiger partial charge in [0.15, 0.2) is 0 Å². The summed E-state index contributed by atoms with van der Waals surface area (Å²) in [6.07, 6.45) is 0. The largest absolute Gasteiger partial charge is 0.331 e. The lowest BCUT2D eigenvalue weighted by Crippen LogP contribution is -2.31. The summed E-state index contributed by atoms with van der Waals surface area (Å²) < 4.78 is 14.0. The van der Waals surface area contributed by atoms with Crippen molar-refractivity contribution >= 4 is 27.6 Å². The second kappa shape index (κ2) is 7.05. The van der Waals surface area contributed by atoms with Gasteiger partial charge in [-0.1, -0.05) is 34.1 Å². The number of urea groups is 1. The number of carbonyl (C=O) groups is 1. The van der Waals surface area contributed by atoms with Crippen molar-refractivity contribution in [2.24, 2.45) is 0 Å². The molecule has 0 aromatic heterocycles. The zero-order valence-corrected chi connectivity index (χ0v) is 13.3. The van der Waals surface area contributed by atoms with E-state index in [9.17, 15) is 9.18 Å². The van der Waals surface area contributed by atoms with Crippen LogP contribution in [0.5, 0.6) is 0 Å². The highest BCUT2D eigenvalue weighted by molar-refractivity contribution is 9.10. The number of nitrogens with zero attached hydrogens (tertiary/aromatic N) is 1. The first-order valence-corrected chi connectivity index (χ1v) is 7.32. The Hall–Kier alpha value is -2.39. The molecule has 2 amide bonds. The van der Waals surface area contributed by atoms with Gasteiger partial charge in [0.2, 0.25) is 0 Å². The van der Waals surface area contributed by atoms with Crippen molar-refractivity contribution in [3.63, 3.8) is 0 Å². The Morgan fingerprint density at radius 2 is 2.05 bits per heavy atom. The summed E-state index contributed by atoms with van der Waals surface area (Å²) in [5.41, 5.74) is 1.27. The first-order valence-electron chi connectivity index (χ1n) is 6.53. The molecule has 0 aliphatic carbocycles. The predicted molar refractivity (Wildman–Crippen MR) is 85.8 cm³/mol. The van der Waals surface area contributed by atoms with E-state index in [0.717, 1.165) is 16.1 Å². The molecule has 112 valence electrons. The molecule has 0 saturated carbocycles. The second-order valence-electron chi connectivity index (χ2n) is 4.64. The maximum absolute atomic E-state index is 13.1. The zero-order chi connectivity index (χ0) is 16.1. The van der Waals surface area contributed by atoms with E-state index < -0.39 is 11.8 Å². The van der Waals surface area contributed by atoms with Crippen LogP contribution in [0.2, 0.25) is 0 Å². The molecular formula is C16H13BrFN3O. The molecule has 1 unspecified atom stereocenters. The van der Waals surface area contributed by atoms with E-state index in [1.807, 2.05) is 37.3 Å². The number of carbonyl (C=O) groups excluding carboxylic acids is 1. The number of halogens is 2. The normalized spacial score (nSPS) is 11.4. The van der Waals surface area contributed by atoms with Crippen molar-refractivity contribution in [2.75, 3.05) is 5.32 Å². The molecule has 22 heavy (non-hydrogen) atoms. The van der Waals surface area contributed by atoms with Gasteiger partial charge in [-0.25, -0.2) is 9.18 Å². The Bertz CT molecular complexity index is 742. The SMILES string of the molecule is CC(NC(=O)Nc1ccc(F)cc1C#N)c1ccccc1Br. The predicted octanol–water partition coefficient (Wildman–Crippen LogP) is 4.34. The summed E-state index contributed by atoms with van der Waals surface area (Å²) in [6.45, 7) is 1.84. The van der Waals surface area contributed by atoms with E-state index in [1.54, 1.807) is 0 Å². The third-order valence-electron chi connectivity index (χ3n) is 3.07. The number of anilines is 1. The molecule has 0 spiro atoms. The van der Waals surface area contributed by atoms with Crippen LogP contribution in [-0.2, 0) is 0 Å². The average molecular weight is 362 g/mol. The first-order chi connectivity index (χ1) is 10.5. The Labute approximate surface area is 136 Å². The van der Waals surface area contributed by atoms with Crippen LogP contribution in [0.3, 0.4) is 0 Å². The fourth-order valence-electron chi connectivity index (χ4n) is 1.98. The van der Waals surface area contributed by atoms with Crippen LogP contribution in [0.15, 0.2) is 46.9 Å². The highest BCUT2D eigenvalue weighted by atomic mass is 79.9. The molecule has 2 aromatic rings. The monoisotopic (exact) mass is 361 g/mol. The topological polar surface area (TPSA) is 64.9 Å². The fourth-order valence-corrected chi connectivity index (χ4v) is 2.61. The molecule has 4 nitrogen and oxygen atoms in total. The van der Waals surface area contributed by atoms with E-state index >= 15 is 0 Å². The molecule has 2 N–H and O–H groups in total. The Kier molecular flexibility index (Phi) is 5.12. The summed E-state index contributed by atoms with van der Waals surface area (Å²) in [6, 6.07) is 12.3. The van der Waals surface area contributed by atoms with Crippen LogP contribution in [0.25, 0.3) is 0 Å². The lowest BCUT2D eigenvalue weighted by Gasteiger charge is -2.16. The lowest BCUT2D eigenvalue weighted by atomic mass is 10.1. The second-order valence-corrected chi connectivity index (χ2v) is 5.50.